The van der Waals surface area contributed by atoms with Gasteiger partial charge >= 0.3 is 10.1 Å². The summed E-state index contributed by atoms with van der Waals surface area (Å²) < 4.78 is 69.4. The first kappa shape index (κ1) is 21.3. The molecule has 0 fully saturated rings. The maximum absolute atomic E-state index is 14.4. The van der Waals surface area contributed by atoms with Crippen molar-refractivity contribution >= 4 is 20.2 Å². The molecule has 0 saturated carbocycles. The van der Waals surface area contributed by atoms with Crippen LogP contribution in [0.5, 0.6) is 5.75 Å². The maximum atomic E-state index is 14.4. The average molecular weight is 417 g/mol. The van der Waals surface area contributed by atoms with Crippen molar-refractivity contribution < 1.29 is 29.6 Å². The van der Waals surface area contributed by atoms with Crippen molar-refractivity contribution in [1.82, 2.24) is 5.32 Å². The molecule has 0 heterocycles. The highest BCUT2D eigenvalue weighted by atomic mass is 32.2. The zero-order valence-corrected chi connectivity index (χ0v) is 16.4. The van der Waals surface area contributed by atoms with E-state index in [4.69, 9.17) is 4.18 Å². The molecule has 1 N–H and O–H groups in total. The third-order valence-corrected chi connectivity index (χ3v) is 4.44. The van der Waals surface area contributed by atoms with Gasteiger partial charge in [0.15, 0.2) is 0 Å². The second-order valence-electron chi connectivity index (χ2n) is 5.88. The van der Waals surface area contributed by atoms with Crippen molar-refractivity contribution in [1.29, 1.82) is 0 Å². The van der Waals surface area contributed by atoms with E-state index in [9.17, 15) is 21.2 Å². The largest absolute Gasteiger partial charge is 0.382 e. The number of halogens is 1. The van der Waals surface area contributed by atoms with Crippen LogP contribution in [0.4, 0.5) is 4.39 Å². The Hall–Kier alpha value is -2.01. The van der Waals surface area contributed by atoms with Gasteiger partial charge in [-0.05, 0) is 17.7 Å². The number of nitrogens with one attached hydrogen (secondary N) is 1. The molecule has 0 aliphatic rings. The molecule has 0 saturated heterocycles. The molecule has 27 heavy (non-hydrogen) atoms. The highest BCUT2D eigenvalue weighted by molar-refractivity contribution is 7.86. The molecule has 2 aromatic carbocycles. The summed E-state index contributed by atoms with van der Waals surface area (Å²) in [7, 11) is -7.66. The number of hydrogen-bond acceptors (Lipinski definition) is 7. The van der Waals surface area contributed by atoms with Crippen molar-refractivity contribution in [3.63, 3.8) is 0 Å². The lowest BCUT2D eigenvalue weighted by Crippen LogP contribution is -2.25. The fourth-order valence-corrected chi connectivity index (χ4v) is 3.39. The molecule has 2 aromatic rings. The first-order valence-corrected chi connectivity index (χ1v) is 11.5. The summed E-state index contributed by atoms with van der Waals surface area (Å²) in [5, 5.41) is 3.02. The summed E-state index contributed by atoms with van der Waals surface area (Å²) in [6, 6.07) is 12.7. The lowest BCUT2D eigenvalue weighted by Gasteiger charge is -2.18. The third-order valence-electron chi connectivity index (χ3n) is 3.36. The fourth-order valence-electron chi connectivity index (χ4n) is 2.35. The van der Waals surface area contributed by atoms with Crippen LogP contribution in [0.1, 0.15) is 17.2 Å². The Morgan fingerprint density at radius 1 is 1.00 bits per heavy atom. The van der Waals surface area contributed by atoms with Crippen molar-refractivity contribution in [2.75, 3.05) is 19.1 Å². The Morgan fingerprint density at radius 3 is 2.22 bits per heavy atom. The van der Waals surface area contributed by atoms with Crippen molar-refractivity contribution in [3.05, 3.63) is 65.5 Å². The molecule has 1 atom stereocenters. The Kier molecular flexibility index (Phi) is 6.93. The van der Waals surface area contributed by atoms with Crippen LogP contribution < -0.4 is 9.50 Å². The second kappa shape index (κ2) is 8.79. The normalized spacial score (nSPS) is 13.3. The number of hydrogen-bond donors (Lipinski definition) is 1. The van der Waals surface area contributed by atoms with Crippen LogP contribution in [-0.2, 0) is 31.0 Å². The van der Waals surface area contributed by atoms with E-state index in [2.05, 4.69) is 9.50 Å². The van der Waals surface area contributed by atoms with E-state index in [1.54, 1.807) is 0 Å². The topological polar surface area (TPSA) is 98.8 Å². The molecular formula is C17H20FNO6S2. The van der Waals surface area contributed by atoms with E-state index in [1.165, 1.54) is 12.1 Å². The molecule has 1 unspecified atom stereocenters. The van der Waals surface area contributed by atoms with Gasteiger partial charge in [-0.25, -0.2) is 4.39 Å². The average Bonchev–Trinajstić information content (AvgIpc) is 2.52. The van der Waals surface area contributed by atoms with Crippen LogP contribution in [0.15, 0.2) is 48.5 Å². The Balaban J connectivity index is 2.17. The summed E-state index contributed by atoms with van der Waals surface area (Å²) in [5.41, 5.74) is 0.926. The summed E-state index contributed by atoms with van der Waals surface area (Å²) >= 11 is 0. The summed E-state index contributed by atoms with van der Waals surface area (Å²) in [6.45, 7) is 0.451. The minimum atomic E-state index is -3.86. The Morgan fingerprint density at radius 2 is 1.67 bits per heavy atom. The first-order chi connectivity index (χ1) is 12.5. The standard InChI is InChI=1S/C17H20FNO6S2/c1-26(20,21)24-14-8-9-15(16(18)10-14)17(25-27(2,22)23)12-19-11-13-6-4-3-5-7-13/h3-10,17,19H,11-12H2,1-2H3. The fraction of sp³-hybridized carbons (Fsp3) is 0.294. The zero-order valence-electron chi connectivity index (χ0n) is 14.8. The number of benzene rings is 2. The van der Waals surface area contributed by atoms with Gasteiger partial charge in [0.2, 0.25) is 0 Å². The number of rotatable bonds is 9. The van der Waals surface area contributed by atoms with Gasteiger partial charge in [-0.15, -0.1) is 0 Å². The smallest absolute Gasteiger partial charge is 0.306 e. The van der Waals surface area contributed by atoms with Crippen molar-refractivity contribution in [2.24, 2.45) is 0 Å². The minimum absolute atomic E-state index is 0.0190. The minimum Gasteiger partial charge on any atom is -0.382 e. The van der Waals surface area contributed by atoms with E-state index in [0.717, 1.165) is 24.1 Å². The highest BCUT2D eigenvalue weighted by Crippen LogP contribution is 2.26. The van der Waals surface area contributed by atoms with Crippen LogP contribution in [0.2, 0.25) is 0 Å². The molecule has 0 spiro atoms. The molecule has 7 nitrogen and oxygen atoms in total. The van der Waals surface area contributed by atoms with Gasteiger partial charge < -0.3 is 9.50 Å². The quantitative estimate of drug-likeness (QED) is 0.623. The lowest BCUT2D eigenvalue weighted by atomic mass is 10.1. The van der Waals surface area contributed by atoms with Crippen molar-refractivity contribution in [2.45, 2.75) is 12.6 Å². The van der Waals surface area contributed by atoms with Gasteiger partial charge in [0.25, 0.3) is 10.1 Å². The predicted molar refractivity (Wildman–Crippen MR) is 98.7 cm³/mol. The summed E-state index contributed by atoms with van der Waals surface area (Å²) in [6.07, 6.45) is 0.578. The summed E-state index contributed by atoms with van der Waals surface area (Å²) in [5.74, 6) is -1.06. The molecule has 148 valence electrons. The van der Waals surface area contributed by atoms with Crippen LogP contribution in [0, 0.1) is 5.82 Å². The maximum Gasteiger partial charge on any atom is 0.306 e. The van der Waals surface area contributed by atoms with Crippen LogP contribution >= 0.6 is 0 Å². The second-order valence-corrected chi connectivity index (χ2v) is 9.05. The van der Waals surface area contributed by atoms with Gasteiger partial charge in [0, 0.05) is 24.7 Å². The van der Waals surface area contributed by atoms with Crippen LogP contribution in [-0.4, -0.2) is 35.9 Å². The Labute approximate surface area is 158 Å². The highest BCUT2D eigenvalue weighted by Gasteiger charge is 2.22. The van der Waals surface area contributed by atoms with Gasteiger partial charge in [-0.3, -0.25) is 4.18 Å². The molecule has 0 aromatic heterocycles. The third kappa shape index (κ3) is 7.63. The monoisotopic (exact) mass is 417 g/mol. The first-order valence-electron chi connectivity index (χ1n) is 7.85. The SMILES string of the molecule is CS(=O)(=O)Oc1ccc(C(CNCc2ccccc2)OS(C)(=O)=O)c(F)c1. The van der Waals surface area contributed by atoms with Gasteiger partial charge in [-0.2, -0.15) is 16.8 Å². The van der Waals surface area contributed by atoms with E-state index >= 15 is 0 Å². The van der Waals surface area contributed by atoms with Gasteiger partial charge in [0.05, 0.1) is 12.5 Å². The Bertz CT molecular complexity index is 978. The van der Waals surface area contributed by atoms with Crippen molar-refractivity contribution in [3.8, 4) is 5.75 Å². The van der Waals surface area contributed by atoms with Gasteiger partial charge in [-0.1, -0.05) is 30.3 Å². The van der Waals surface area contributed by atoms with E-state index in [1.807, 2.05) is 30.3 Å². The molecule has 0 amide bonds. The van der Waals surface area contributed by atoms with Crippen LogP contribution in [0.25, 0.3) is 0 Å². The van der Waals surface area contributed by atoms with E-state index in [0.29, 0.717) is 6.54 Å². The molecule has 0 aliphatic carbocycles. The molecule has 0 bridgehead atoms. The molecule has 10 heteroatoms. The summed E-state index contributed by atoms with van der Waals surface area (Å²) in [4.78, 5) is 0. The molecule has 0 radical (unpaired) electrons. The van der Waals surface area contributed by atoms with Crippen LogP contribution in [0.3, 0.4) is 0 Å². The van der Waals surface area contributed by atoms with E-state index < -0.39 is 32.2 Å². The molecule has 0 aliphatic heterocycles. The predicted octanol–water partition coefficient (Wildman–Crippen LogP) is 1.97. The molecule has 2 rings (SSSR count). The van der Waals surface area contributed by atoms with Gasteiger partial charge in [0.1, 0.15) is 17.7 Å². The van der Waals surface area contributed by atoms with E-state index in [-0.39, 0.29) is 17.9 Å². The zero-order chi connectivity index (χ0) is 20.1. The lowest BCUT2D eigenvalue weighted by molar-refractivity contribution is 0.206. The molecular weight excluding hydrogens is 397 g/mol.